The second-order valence-electron chi connectivity index (χ2n) is 4.18. The number of rotatable bonds is 4. The van der Waals surface area contributed by atoms with Crippen molar-refractivity contribution in [3.8, 4) is 0 Å². The molecule has 0 saturated carbocycles. The topological polar surface area (TPSA) is 66.4 Å². The van der Waals surface area contributed by atoms with Crippen molar-refractivity contribution in [1.29, 1.82) is 0 Å². The number of benzene rings is 1. The highest BCUT2D eigenvalue weighted by Crippen LogP contribution is 2.17. The molecule has 0 aromatic heterocycles. The number of ketones is 1. The van der Waals surface area contributed by atoms with Gasteiger partial charge in [0.25, 0.3) is 0 Å². The van der Waals surface area contributed by atoms with Crippen LogP contribution in [-0.2, 0) is 4.79 Å². The van der Waals surface area contributed by atoms with E-state index in [2.05, 4.69) is 5.32 Å². The van der Waals surface area contributed by atoms with Crippen molar-refractivity contribution >= 4 is 11.8 Å². The monoisotopic (exact) mass is 235 g/mol. The summed E-state index contributed by atoms with van der Waals surface area (Å²) in [6, 6.07) is 2.47. The second kappa shape index (κ2) is 5.10. The Labute approximate surface area is 101 Å². The summed E-state index contributed by atoms with van der Waals surface area (Å²) in [7, 11) is 1.47. The van der Waals surface area contributed by atoms with Crippen molar-refractivity contribution in [3.63, 3.8) is 0 Å². The molecule has 1 aromatic rings. The van der Waals surface area contributed by atoms with E-state index >= 15 is 0 Å². The molecule has 0 aliphatic carbocycles. The fourth-order valence-electron chi connectivity index (χ4n) is 1.75. The second-order valence-corrected chi connectivity index (χ2v) is 4.18. The molecule has 0 fully saturated rings. The van der Waals surface area contributed by atoms with Crippen LogP contribution in [0.1, 0.15) is 27.0 Å². The van der Waals surface area contributed by atoms with Gasteiger partial charge in [-0.05, 0) is 50.6 Å². The van der Waals surface area contributed by atoms with Crippen LogP contribution in [0, 0.1) is 20.8 Å². The van der Waals surface area contributed by atoms with E-state index in [0.29, 0.717) is 5.56 Å². The first-order chi connectivity index (χ1) is 7.88. The van der Waals surface area contributed by atoms with Crippen LogP contribution in [0.2, 0.25) is 0 Å². The van der Waals surface area contributed by atoms with Crippen molar-refractivity contribution in [2.75, 3.05) is 7.05 Å². The SMILES string of the molecule is CNC(C(=O)O)C(=O)c1cc(C)c(C)cc1C. The zero-order valence-electron chi connectivity index (χ0n) is 10.5. The van der Waals surface area contributed by atoms with Crippen molar-refractivity contribution in [2.24, 2.45) is 0 Å². The summed E-state index contributed by atoms with van der Waals surface area (Å²) in [4.78, 5) is 23.0. The van der Waals surface area contributed by atoms with E-state index in [-0.39, 0.29) is 0 Å². The van der Waals surface area contributed by atoms with E-state index in [0.717, 1.165) is 16.7 Å². The van der Waals surface area contributed by atoms with Gasteiger partial charge in [-0.3, -0.25) is 9.59 Å². The minimum atomic E-state index is -1.18. The van der Waals surface area contributed by atoms with Crippen LogP contribution in [0.4, 0.5) is 0 Å². The van der Waals surface area contributed by atoms with Gasteiger partial charge < -0.3 is 10.4 Å². The molecule has 0 aliphatic heterocycles. The lowest BCUT2D eigenvalue weighted by Crippen LogP contribution is -2.41. The largest absolute Gasteiger partial charge is 0.480 e. The molecule has 17 heavy (non-hydrogen) atoms. The zero-order chi connectivity index (χ0) is 13.2. The molecular weight excluding hydrogens is 218 g/mol. The Kier molecular flexibility index (Phi) is 4.02. The molecule has 0 heterocycles. The smallest absolute Gasteiger partial charge is 0.328 e. The molecule has 0 radical (unpaired) electrons. The van der Waals surface area contributed by atoms with Gasteiger partial charge in [0.1, 0.15) is 0 Å². The number of Topliss-reactive ketones (excluding diaryl/α,β-unsaturated/α-hetero) is 1. The Morgan fingerprint density at radius 1 is 1.12 bits per heavy atom. The highest BCUT2D eigenvalue weighted by Gasteiger charge is 2.26. The minimum absolute atomic E-state index is 0.402. The summed E-state index contributed by atoms with van der Waals surface area (Å²) < 4.78 is 0. The first kappa shape index (κ1) is 13.4. The van der Waals surface area contributed by atoms with E-state index in [4.69, 9.17) is 5.11 Å². The molecule has 1 unspecified atom stereocenters. The van der Waals surface area contributed by atoms with Gasteiger partial charge in [0.15, 0.2) is 11.8 Å². The molecule has 0 aliphatic rings. The maximum Gasteiger partial charge on any atom is 0.328 e. The molecule has 0 saturated heterocycles. The number of aryl methyl sites for hydroxylation is 3. The molecule has 1 atom stereocenters. The molecule has 1 rings (SSSR count). The highest BCUT2D eigenvalue weighted by atomic mass is 16.4. The van der Waals surface area contributed by atoms with E-state index < -0.39 is 17.8 Å². The Balaban J connectivity index is 3.20. The molecule has 0 amide bonds. The Morgan fingerprint density at radius 3 is 2.12 bits per heavy atom. The van der Waals surface area contributed by atoms with E-state index in [1.54, 1.807) is 6.07 Å². The number of hydrogen-bond donors (Lipinski definition) is 2. The number of carboxylic acids is 1. The van der Waals surface area contributed by atoms with Gasteiger partial charge >= 0.3 is 5.97 Å². The predicted octanol–water partition coefficient (Wildman–Crippen LogP) is 1.47. The third kappa shape index (κ3) is 2.71. The minimum Gasteiger partial charge on any atom is -0.480 e. The fourth-order valence-corrected chi connectivity index (χ4v) is 1.75. The zero-order valence-corrected chi connectivity index (χ0v) is 10.5. The average Bonchev–Trinajstić information content (AvgIpc) is 2.23. The van der Waals surface area contributed by atoms with Gasteiger partial charge in [0.2, 0.25) is 0 Å². The van der Waals surface area contributed by atoms with Crippen LogP contribution in [0.25, 0.3) is 0 Å². The summed E-state index contributed by atoms with van der Waals surface area (Å²) in [5.41, 5.74) is 3.35. The normalized spacial score (nSPS) is 12.2. The maximum atomic E-state index is 12.1. The van der Waals surface area contributed by atoms with E-state index in [9.17, 15) is 9.59 Å². The average molecular weight is 235 g/mol. The van der Waals surface area contributed by atoms with Gasteiger partial charge in [-0.1, -0.05) is 6.07 Å². The fraction of sp³-hybridized carbons (Fsp3) is 0.385. The summed E-state index contributed by atoms with van der Waals surface area (Å²) in [6.07, 6.45) is 0. The van der Waals surface area contributed by atoms with Crippen LogP contribution in [0.5, 0.6) is 0 Å². The first-order valence-corrected chi connectivity index (χ1v) is 5.40. The van der Waals surface area contributed by atoms with Gasteiger partial charge in [0, 0.05) is 5.56 Å². The molecule has 92 valence electrons. The molecule has 4 nitrogen and oxygen atoms in total. The molecule has 1 aromatic carbocycles. The van der Waals surface area contributed by atoms with Crippen molar-refractivity contribution in [3.05, 3.63) is 34.4 Å². The molecule has 2 N–H and O–H groups in total. The van der Waals surface area contributed by atoms with Gasteiger partial charge in [0.05, 0.1) is 0 Å². The highest BCUT2D eigenvalue weighted by molar-refractivity contribution is 6.12. The number of carboxylic acid groups (broad SMARTS) is 1. The number of carbonyl (C=O) groups excluding carboxylic acids is 1. The predicted molar refractivity (Wildman–Crippen MR) is 65.5 cm³/mol. The number of carbonyl (C=O) groups is 2. The third-order valence-electron chi connectivity index (χ3n) is 2.90. The van der Waals surface area contributed by atoms with Crippen molar-refractivity contribution in [2.45, 2.75) is 26.8 Å². The number of aliphatic carboxylic acids is 1. The van der Waals surface area contributed by atoms with Crippen LogP contribution in [0.15, 0.2) is 12.1 Å². The molecule has 4 heteroatoms. The number of likely N-dealkylation sites (N-methyl/N-ethyl adjacent to an activating group) is 1. The van der Waals surface area contributed by atoms with Gasteiger partial charge in [-0.2, -0.15) is 0 Å². The van der Waals surface area contributed by atoms with Gasteiger partial charge in [-0.25, -0.2) is 0 Å². The van der Waals surface area contributed by atoms with Crippen LogP contribution in [-0.4, -0.2) is 29.9 Å². The first-order valence-electron chi connectivity index (χ1n) is 5.40. The number of hydrogen-bond acceptors (Lipinski definition) is 3. The molecular formula is C13H17NO3. The van der Waals surface area contributed by atoms with E-state index in [1.165, 1.54) is 7.05 Å². The molecule has 0 bridgehead atoms. The maximum absolute atomic E-state index is 12.1. The molecule has 0 spiro atoms. The van der Waals surface area contributed by atoms with Crippen LogP contribution >= 0.6 is 0 Å². The lowest BCUT2D eigenvalue weighted by molar-refractivity contribution is -0.137. The number of nitrogens with one attached hydrogen (secondary N) is 1. The summed E-state index contributed by atoms with van der Waals surface area (Å²) >= 11 is 0. The third-order valence-corrected chi connectivity index (χ3v) is 2.90. The van der Waals surface area contributed by atoms with Crippen molar-refractivity contribution < 1.29 is 14.7 Å². The summed E-state index contributed by atoms with van der Waals surface area (Å²) in [5, 5.41) is 11.4. The van der Waals surface area contributed by atoms with Gasteiger partial charge in [-0.15, -0.1) is 0 Å². The van der Waals surface area contributed by atoms with Crippen molar-refractivity contribution in [1.82, 2.24) is 5.32 Å². The summed E-state index contributed by atoms with van der Waals surface area (Å²) in [6.45, 7) is 5.68. The van der Waals surface area contributed by atoms with E-state index in [1.807, 2.05) is 26.8 Å². The lowest BCUT2D eigenvalue weighted by Gasteiger charge is -2.13. The Hall–Kier alpha value is -1.68. The quantitative estimate of drug-likeness (QED) is 0.612. The summed E-state index contributed by atoms with van der Waals surface area (Å²) in [5.74, 6) is -1.56. The Bertz CT molecular complexity index is 466. The lowest BCUT2D eigenvalue weighted by atomic mass is 9.95. The van der Waals surface area contributed by atoms with Crippen LogP contribution < -0.4 is 5.32 Å². The van der Waals surface area contributed by atoms with Crippen LogP contribution in [0.3, 0.4) is 0 Å². The standard InChI is InChI=1S/C13H17NO3/c1-7-5-9(3)10(6-8(7)2)12(15)11(14-4)13(16)17/h5-6,11,14H,1-4H3,(H,16,17). The Morgan fingerprint density at radius 2 is 1.65 bits per heavy atom.